The van der Waals surface area contributed by atoms with Crippen molar-refractivity contribution in [2.45, 2.75) is 44.1 Å². The largest absolute Gasteiger partial charge is 0.365 e. The normalized spacial score (nSPS) is 34.1. The first-order valence-corrected chi connectivity index (χ1v) is 6.47. The van der Waals surface area contributed by atoms with Crippen LogP contribution < -0.4 is 5.32 Å². The number of rotatable bonds is 2. The number of piperidine rings is 1. The molecule has 1 aromatic heterocycles. The van der Waals surface area contributed by atoms with Gasteiger partial charge in [-0.1, -0.05) is 5.16 Å². The lowest BCUT2D eigenvalue weighted by molar-refractivity contribution is -0.00937. The lowest BCUT2D eigenvalue weighted by Crippen LogP contribution is -2.29. The van der Waals surface area contributed by atoms with Gasteiger partial charge in [0.05, 0.1) is 0 Å². The van der Waals surface area contributed by atoms with Gasteiger partial charge in [-0.2, -0.15) is 4.98 Å². The molecule has 0 saturated carbocycles. The SMILES string of the molecule is CC1(c2nc(C3CCCNC3)no2)CCCO1. The minimum Gasteiger partial charge on any atom is -0.365 e. The minimum absolute atomic E-state index is 0.354. The van der Waals surface area contributed by atoms with Crippen molar-refractivity contribution in [2.24, 2.45) is 0 Å². The van der Waals surface area contributed by atoms with Gasteiger partial charge in [0.15, 0.2) is 5.82 Å². The van der Waals surface area contributed by atoms with Crippen molar-refractivity contribution < 1.29 is 9.26 Å². The van der Waals surface area contributed by atoms with Crippen LogP contribution in [0.4, 0.5) is 0 Å². The quantitative estimate of drug-likeness (QED) is 0.846. The van der Waals surface area contributed by atoms with Crippen molar-refractivity contribution in [3.63, 3.8) is 0 Å². The molecule has 3 heterocycles. The Balaban J connectivity index is 1.77. The van der Waals surface area contributed by atoms with Crippen molar-refractivity contribution >= 4 is 0 Å². The predicted octanol–water partition coefficient (Wildman–Crippen LogP) is 1.56. The van der Waals surface area contributed by atoms with Crippen LogP contribution in [0.15, 0.2) is 4.52 Å². The van der Waals surface area contributed by atoms with E-state index in [0.717, 1.165) is 44.8 Å². The molecule has 17 heavy (non-hydrogen) atoms. The molecule has 2 fully saturated rings. The Hall–Kier alpha value is -0.940. The van der Waals surface area contributed by atoms with E-state index in [4.69, 9.17) is 9.26 Å². The van der Waals surface area contributed by atoms with Gasteiger partial charge in [-0.25, -0.2) is 0 Å². The predicted molar refractivity (Wildman–Crippen MR) is 61.7 cm³/mol. The third-order valence-electron chi connectivity index (χ3n) is 3.77. The van der Waals surface area contributed by atoms with Gasteiger partial charge in [0.25, 0.3) is 5.89 Å². The van der Waals surface area contributed by atoms with E-state index in [1.54, 1.807) is 0 Å². The second kappa shape index (κ2) is 4.38. The number of hydrogen-bond donors (Lipinski definition) is 1. The monoisotopic (exact) mass is 237 g/mol. The van der Waals surface area contributed by atoms with Gasteiger partial charge >= 0.3 is 0 Å². The number of nitrogens with zero attached hydrogens (tertiary/aromatic N) is 2. The van der Waals surface area contributed by atoms with Crippen LogP contribution in [0.5, 0.6) is 0 Å². The first kappa shape index (κ1) is 11.2. The Kier molecular flexibility index (Phi) is 2.88. The number of ether oxygens (including phenoxy) is 1. The molecule has 1 N–H and O–H groups in total. The summed E-state index contributed by atoms with van der Waals surface area (Å²) in [7, 11) is 0. The summed E-state index contributed by atoms with van der Waals surface area (Å²) in [6, 6.07) is 0. The van der Waals surface area contributed by atoms with Crippen molar-refractivity contribution in [3.8, 4) is 0 Å². The summed E-state index contributed by atoms with van der Waals surface area (Å²) in [6.07, 6.45) is 4.36. The van der Waals surface area contributed by atoms with Gasteiger partial charge in [-0.15, -0.1) is 0 Å². The van der Waals surface area contributed by atoms with Gasteiger partial charge in [0.1, 0.15) is 5.60 Å². The molecule has 94 valence electrons. The van der Waals surface area contributed by atoms with Crippen molar-refractivity contribution in [2.75, 3.05) is 19.7 Å². The van der Waals surface area contributed by atoms with Gasteiger partial charge in [0, 0.05) is 19.1 Å². The van der Waals surface area contributed by atoms with Gasteiger partial charge in [-0.3, -0.25) is 0 Å². The molecule has 0 amide bonds. The Morgan fingerprint density at radius 3 is 3.06 bits per heavy atom. The van der Waals surface area contributed by atoms with Gasteiger partial charge in [-0.05, 0) is 39.2 Å². The molecule has 0 radical (unpaired) electrons. The zero-order valence-electron chi connectivity index (χ0n) is 10.2. The van der Waals surface area contributed by atoms with E-state index in [1.165, 1.54) is 6.42 Å². The van der Waals surface area contributed by atoms with E-state index in [2.05, 4.69) is 15.5 Å². The highest BCUT2D eigenvalue weighted by Crippen LogP contribution is 2.35. The molecule has 1 aromatic rings. The van der Waals surface area contributed by atoms with Gasteiger partial charge < -0.3 is 14.6 Å². The molecule has 5 heteroatoms. The Morgan fingerprint density at radius 2 is 2.35 bits per heavy atom. The molecule has 0 aliphatic carbocycles. The fourth-order valence-corrected chi connectivity index (χ4v) is 2.64. The fourth-order valence-electron chi connectivity index (χ4n) is 2.64. The van der Waals surface area contributed by atoms with Crippen molar-refractivity contribution in [1.82, 2.24) is 15.5 Å². The average molecular weight is 237 g/mol. The first-order valence-electron chi connectivity index (χ1n) is 6.47. The fraction of sp³-hybridized carbons (Fsp3) is 0.833. The smallest absolute Gasteiger partial charge is 0.258 e. The molecular formula is C12H19N3O2. The highest BCUT2D eigenvalue weighted by molar-refractivity contribution is 5.04. The van der Waals surface area contributed by atoms with Crippen LogP contribution in [0.2, 0.25) is 0 Å². The lowest BCUT2D eigenvalue weighted by atomic mass is 9.99. The highest BCUT2D eigenvalue weighted by atomic mass is 16.5. The maximum absolute atomic E-state index is 5.72. The number of nitrogens with one attached hydrogen (secondary N) is 1. The number of aromatic nitrogens is 2. The molecule has 2 aliphatic heterocycles. The zero-order chi connectivity index (χ0) is 11.7. The summed E-state index contributed by atoms with van der Waals surface area (Å²) in [6.45, 7) is 4.88. The summed E-state index contributed by atoms with van der Waals surface area (Å²) in [5.41, 5.74) is -0.354. The molecule has 2 atom stereocenters. The standard InChI is InChI=1S/C12H19N3O2/c1-12(5-3-7-16-12)11-14-10(15-17-11)9-4-2-6-13-8-9/h9,13H,2-8H2,1H3. The highest BCUT2D eigenvalue weighted by Gasteiger charge is 2.38. The summed E-state index contributed by atoms with van der Waals surface area (Å²) in [5.74, 6) is 1.88. The lowest BCUT2D eigenvalue weighted by Gasteiger charge is -2.19. The molecule has 5 nitrogen and oxygen atoms in total. The maximum atomic E-state index is 5.72. The molecule has 3 rings (SSSR count). The first-order chi connectivity index (χ1) is 8.28. The summed E-state index contributed by atoms with van der Waals surface area (Å²) >= 11 is 0. The molecule has 2 unspecified atom stereocenters. The number of hydrogen-bond acceptors (Lipinski definition) is 5. The molecule has 0 aromatic carbocycles. The summed E-state index contributed by atoms with van der Waals surface area (Å²) < 4.78 is 11.1. The zero-order valence-corrected chi connectivity index (χ0v) is 10.2. The molecule has 2 saturated heterocycles. The van der Waals surface area contributed by atoms with Gasteiger partial charge in [0.2, 0.25) is 0 Å². The van der Waals surface area contributed by atoms with Crippen LogP contribution in [-0.2, 0) is 10.3 Å². The Bertz CT molecular complexity index is 379. The van der Waals surface area contributed by atoms with E-state index in [0.29, 0.717) is 11.8 Å². The van der Waals surface area contributed by atoms with Crippen molar-refractivity contribution in [1.29, 1.82) is 0 Å². The van der Waals surface area contributed by atoms with Crippen LogP contribution in [0, 0.1) is 0 Å². The van der Waals surface area contributed by atoms with Crippen LogP contribution in [0.1, 0.15) is 50.2 Å². The van der Waals surface area contributed by atoms with E-state index in [9.17, 15) is 0 Å². The topological polar surface area (TPSA) is 60.2 Å². The second-order valence-corrected chi connectivity index (χ2v) is 5.18. The maximum Gasteiger partial charge on any atom is 0.258 e. The van der Waals surface area contributed by atoms with Crippen LogP contribution in [-0.4, -0.2) is 29.8 Å². The van der Waals surface area contributed by atoms with Crippen molar-refractivity contribution in [3.05, 3.63) is 11.7 Å². The summed E-state index contributed by atoms with van der Waals surface area (Å²) in [5, 5.41) is 7.49. The van der Waals surface area contributed by atoms with E-state index in [1.807, 2.05) is 6.92 Å². The van der Waals surface area contributed by atoms with E-state index >= 15 is 0 Å². The third kappa shape index (κ3) is 2.09. The van der Waals surface area contributed by atoms with Crippen LogP contribution >= 0.6 is 0 Å². The van der Waals surface area contributed by atoms with Crippen LogP contribution in [0.3, 0.4) is 0 Å². The molecule has 2 aliphatic rings. The minimum atomic E-state index is -0.354. The van der Waals surface area contributed by atoms with Crippen LogP contribution in [0.25, 0.3) is 0 Å². The van der Waals surface area contributed by atoms with E-state index in [-0.39, 0.29) is 5.60 Å². The second-order valence-electron chi connectivity index (χ2n) is 5.18. The molecular weight excluding hydrogens is 218 g/mol. The third-order valence-corrected chi connectivity index (χ3v) is 3.77. The average Bonchev–Trinajstić information content (AvgIpc) is 2.99. The Morgan fingerprint density at radius 1 is 1.41 bits per heavy atom. The van der Waals surface area contributed by atoms with E-state index < -0.39 is 0 Å². The molecule has 0 spiro atoms. The summed E-state index contributed by atoms with van der Waals surface area (Å²) in [4.78, 5) is 4.54. The molecule has 0 bridgehead atoms. The Labute approximate surface area is 101 Å².